The molecular formula is C14H14N2O4. The first kappa shape index (κ1) is 12.7. The van der Waals surface area contributed by atoms with E-state index >= 15 is 0 Å². The molecule has 0 aliphatic heterocycles. The number of hydrogen-bond donors (Lipinski definition) is 1. The number of aliphatic carboxylic acids is 1. The summed E-state index contributed by atoms with van der Waals surface area (Å²) in [4.78, 5) is 14.9. The van der Waals surface area contributed by atoms with Gasteiger partial charge in [-0.15, -0.1) is 0 Å². The highest BCUT2D eigenvalue weighted by Gasteiger charge is 2.28. The van der Waals surface area contributed by atoms with Crippen LogP contribution in [0.1, 0.15) is 36.0 Å². The molecule has 0 saturated heterocycles. The Hall–Kier alpha value is -2.37. The molecule has 1 fully saturated rings. The van der Waals surface area contributed by atoms with E-state index in [1.54, 1.807) is 24.3 Å². The van der Waals surface area contributed by atoms with Crippen molar-refractivity contribution in [3.05, 3.63) is 41.5 Å². The van der Waals surface area contributed by atoms with Crippen LogP contribution in [-0.2, 0) is 17.8 Å². The molecule has 1 aromatic heterocycles. The first-order valence-corrected chi connectivity index (χ1v) is 6.47. The maximum Gasteiger partial charge on any atom is 0.307 e. The molecule has 3 rings (SSSR count). The molecule has 0 bridgehead atoms. The van der Waals surface area contributed by atoms with Gasteiger partial charge in [-0.05, 0) is 30.5 Å². The van der Waals surface area contributed by atoms with Gasteiger partial charge in [0.15, 0.2) is 12.4 Å². The Morgan fingerprint density at radius 2 is 2.30 bits per heavy atom. The number of carbonyl (C=O) groups is 1. The number of benzene rings is 1. The smallest absolute Gasteiger partial charge is 0.307 e. The van der Waals surface area contributed by atoms with Crippen LogP contribution in [-0.4, -0.2) is 21.2 Å². The van der Waals surface area contributed by atoms with Gasteiger partial charge in [0.2, 0.25) is 0 Å². The first-order chi connectivity index (χ1) is 9.70. The fourth-order valence-electron chi connectivity index (χ4n) is 1.90. The van der Waals surface area contributed by atoms with Crippen molar-refractivity contribution in [2.45, 2.75) is 31.8 Å². The standard InChI is InChI=1S/C14H14N2O4/c17-13(18)7-9-2-1-3-11(6-9)19-8-12-15-14(16-20-12)10-4-5-10/h1-3,6,10H,4-5,7-8H2,(H,17,18). The van der Waals surface area contributed by atoms with E-state index in [1.165, 1.54) is 0 Å². The zero-order chi connectivity index (χ0) is 13.9. The average Bonchev–Trinajstić information content (AvgIpc) is 3.16. The summed E-state index contributed by atoms with van der Waals surface area (Å²) in [7, 11) is 0. The summed E-state index contributed by atoms with van der Waals surface area (Å²) in [5.74, 6) is 1.37. The van der Waals surface area contributed by atoms with E-state index in [0.717, 1.165) is 18.7 Å². The van der Waals surface area contributed by atoms with Gasteiger partial charge < -0.3 is 14.4 Å². The van der Waals surface area contributed by atoms with Crippen molar-refractivity contribution in [1.82, 2.24) is 10.1 Å². The minimum Gasteiger partial charge on any atom is -0.484 e. The third kappa shape index (κ3) is 3.14. The van der Waals surface area contributed by atoms with E-state index in [-0.39, 0.29) is 13.0 Å². The van der Waals surface area contributed by atoms with Crippen molar-refractivity contribution < 1.29 is 19.2 Å². The van der Waals surface area contributed by atoms with Crippen molar-refractivity contribution in [3.8, 4) is 5.75 Å². The predicted octanol–water partition coefficient (Wildman–Crippen LogP) is 2.15. The summed E-state index contributed by atoms with van der Waals surface area (Å²) in [6.07, 6.45) is 2.22. The van der Waals surface area contributed by atoms with Gasteiger partial charge in [0.05, 0.1) is 6.42 Å². The maximum atomic E-state index is 10.7. The van der Waals surface area contributed by atoms with Crippen LogP contribution >= 0.6 is 0 Å². The molecule has 1 saturated carbocycles. The SMILES string of the molecule is O=C(O)Cc1cccc(OCc2nc(C3CC3)no2)c1. The van der Waals surface area contributed by atoms with Gasteiger partial charge in [-0.3, -0.25) is 4.79 Å². The van der Waals surface area contributed by atoms with Gasteiger partial charge in [0, 0.05) is 5.92 Å². The van der Waals surface area contributed by atoms with Crippen LogP contribution in [0.25, 0.3) is 0 Å². The molecule has 6 heteroatoms. The lowest BCUT2D eigenvalue weighted by molar-refractivity contribution is -0.136. The molecule has 0 radical (unpaired) electrons. The summed E-state index contributed by atoms with van der Waals surface area (Å²) < 4.78 is 10.6. The largest absolute Gasteiger partial charge is 0.484 e. The Bertz CT molecular complexity index is 619. The van der Waals surface area contributed by atoms with Crippen LogP contribution in [0.15, 0.2) is 28.8 Å². The quantitative estimate of drug-likeness (QED) is 0.868. The lowest BCUT2D eigenvalue weighted by Crippen LogP contribution is -2.01. The summed E-state index contributed by atoms with van der Waals surface area (Å²) in [6, 6.07) is 6.98. The molecule has 0 unspecified atom stereocenters. The average molecular weight is 274 g/mol. The fourth-order valence-corrected chi connectivity index (χ4v) is 1.90. The molecule has 1 aromatic carbocycles. The molecule has 1 heterocycles. The second-order valence-electron chi connectivity index (χ2n) is 4.83. The molecule has 1 aliphatic carbocycles. The van der Waals surface area contributed by atoms with E-state index in [4.69, 9.17) is 14.4 Å². The molecule has 0 atom stereocenters. The summed E-state index contributed by atoms with van der Waals surface area (Å²) in [5, 5.41) is 12.7. The van der Waals surface area contributed by atoms with Gasteiger partial charge >= 0.3 is 5.97 Å². The number of rotatable bonds is 6. The zero-order valence-corrected chi connectivity index (χ0v) is 10.8. The van der Waals surface area contributed by atoms with Crippen molar-refractivity contribution in [3.63, 3.8) is 0 Å². The highest BCUT2D eigenvalue weighted by Crippen LogP contribution is 2.38. The molecule has 0 spiro atoms. The molecule has 1 aliphatic rings. The van der Waals surface area contributed by atoms with Gasteiger partial charge in [-0.2, -0.15) is 4.98 Å². The maximum absolute atomic E-state index is 10.7. The molecular weight excluding hydrogens is 260 g/mol. The summed E-state index contributed by atoms with van der Waals surface area (Å²) in [6.45, 7) is 0.191. The van der Waals surface area contributed by atoms with Crippen LogP contribution in [0, 0.1) is 0 Å². The van der Waals surface area contributed by atoms with Gasteiger partial charge in [0.1, 0.15) is 5.75 Å². The number of carboxylic acids is 1. The van der Waals surface area contributed by atoms with Crippen molar-refractivity contribution >= 4 is 5.97 Å². The minimum atomic E-state index is -0.867. The first-order valence-electron chi connectivity index (χ1n) is 6.47. The number of nitrogens with zero attached hydrogens (tertiary/aromatic N) is 2. The van der Waals surface area contributed by atoms with Crippen LogP contribution < -0.4 is 4.74 Å². The number of carboxylic acid groups (broad SMARTS) is 1. The van der Waals surface area contributed by atoms with E-state index in [1.807, 2.05) is 0 Å². The lowest BCUT2D eigenvalue weighted by atomic mass is 10.1. The Balaban J connectivity index is 1.60. The van der Waals surface area contributed by atoms with Crippen LogP contribution in [0.2, 0.25) is 0 Å². The number of aromatic nitrogens is 2. The molecule has 2 aromatic rings. The second-order valence-corrected chi connectivity index (χ2v) is 4.83. The highest BCUT2D eigenvalue weighted by atomic mass is 16.5. The van der Waals surface area contributed by atoms with Crippen LogP contribution in [0.5, 0.6) is 5.75 Å². The van der Waals surface area contributed by atoms with Crippen LogP contribution in [0.4, 0.5) is 0 Å². The Labute approximate surface area is 115 Å². The number of hydrogen-bond acceptors (Lipinski definition) is 5. The van der Waals surface area contributed by atoms with Crippen LogP contribution in [0.3, 0.4) is 0 Å². The van der Waals surface area contributed by atoms with E-state index < -0.39 is 5.97 Å². The molecule has 0 amide bonds. The molecule has 1 N–H and O–H groups in total. The lowest BCUT2D eigenvalue weighted by Gasteiger charge is -2.04. The van der Waals surface area contributed by atoms with Crippen molar-refractivity contribution in [2.75, 3.05) is 0 Å². The topological polar surface area (TPSA) is 85.5 Å². The Kier molecular flexibility index (Phi) is 3.37. The van der Waals surface area contributed by atoms with Crippen molar-refractivity contribution in [2.24, 2.45) is 0 Å². The van der Waals surface area contributed by atoms with E-state index in [2.05, 4.69) is 10.1 Å². The molecule has 20 heavy (non-hydrogen) atoms. The normalized spacial score (nSPS) is 14.2. The minimum absolute atomic E-state index is 0.0242. The summed E-state index contributed by atoms with van der Waals surface area (Å²) >= 11 is 0. The number of ether oxygens (including phenoxy) is 1. The van der Waals surface area contributed by atoms with E-state index in [9.17, 15) is 4.79 Å². The second kappa shape index (κ2) is 5.32. The molecule has 6 nitrogen and oxygen atoms in total. The molecule has 104 valence electrons. The Morgan fingerprint density at radius 3 is 3.05 bits per heavy atom. The Morgan fingerprint density at radius 1 is 1.45 bits per heavy atom. The monoisotopic (exact) mass is 274 g/mol. The predicted molar refractivity (Wildman–Crippen MR) is 68.4 cm³/mol. The van der Waals surface area contributed by atoms with E-state index in [0.29, 0.717) is 23.1 Å². The summed E-state index contributed by atoms with van der Waals surface area (Å²) in [5.41, 5.74) is 0.694. The fraction of sp³-hybridized carbons (Fsp3) is 0.357. The van der Waals surface area contributed by atoms with Gasteiger partial charge in [-0.1, -0.05) is 17.3 Å². The third-order valence-electron chi connectivity index (χ3n) is 3.04. The van der Waals surface area contributed by atoms with Crippen molar-refractivity contribution in [1.29, 1.82) is 0 Å². The third-order valence-corrected chi connectivity index (χ3v) is 3.04. The zero-order valence-electron chi connectivity index (χ0n) is 10.8. The highest BCUT2D eigenvalue weighted by molar-refractivity contribution is 5.70. The van der Waals surface area contributed by atoms with Gasteiger partial charge in [0.25, 0.3) is 5.89 Å². The van der Waals surface area contributed by atoms with Gasteiger partial charge in [-0.25, -0.2) is 0 Å².